The molecule has 2 aromatic carbocycles. The summed E-state index contributed by atoms with van der Waals surface area (Å²) >= 11 is 0. The minimum Gasteiger partial charge on any atom is -0.380 e. The van der Waals surface area contributed by atoms with Crippen LogP contribution in [0.2, 0.25) is 0 Å². The summed E-state index contributed by atoms with van der Waals surface area (Å²) in [5.41, 5.74) is 3.58. The van der Waals surface area contributed by atoms with E-state index in [0.717, 1.165) is 13.1 Å². The standard InChI is InChI=1S/C22H26N6O2/c1-2-23-19-13-18-17(12-21(19)28(29)30)22(26-15-25-18)24-14-16-8-4-5-9-20(16)27-10-6-3-7-11-27/h4-5,8-9,12-13,15,23H,2-3,6-7,10-11,14H2,1H3,(H,24,25,26). The highest BCUT2D eigenvalue weighted by Crippen LogP contribution is 2.32. The minimum atomic E-state index is -0.375. The van der Waals surface area contributed by atoms with Gasteiger partial charge in [-0.05, 0) is 43.9 Å². The van der Waals surface area contributed by atoms with Crippen molar-refractivity contribution in [2.75, 3.05) is 35.2 Å². The molecule has 0 radical (unpaired) electrons. The SMILES string of the molecule is CCNc1cc2ncnc(NCc3ccccc3N3CCCCC3)c2cc1[N+](=O)[O-]. The van der Waals surface area contributed by atoms with Gasteiger partial charge in [0.25, 0.3) is 5.69 Å². The molecule has 8 nitrogen and oxygen atoms in total. The molecule has 0 spiro atoms. The number of para-hydroxylation sites is 1. The first-order valence-electron chi connectivity index (χ1n) is 10.4. The van der Waals surface area contributed by atoms with E-state index in [2.05, 4.69) is 43.7 Å². The Bertz CT molecular complexity index is 1050. The zero-order valence-corrected chi connectivity index (χ0v) is 17.1. The van der Waals surface area contributed by atoms with Crippen molar-refractivity contribution in [1.82, 2.24) is 9.97 Å². The molecule has 0 bridgehead atoms. The molecular formula is C22H26N6O2. The molecule has 30 heavy (non-hydrogen) atoms. The number of nitrogens with zero attached hydrogens (tertiary/aromatic N) is 4. The van der Waals surface area contributed by atoms with Crippen molar-refractivity contribution >= 4 is 33.8 Å². The van der Waals surface area contributed by atoms with E-state index in [9.17, 15) is 10.1 Å². The van der Waals surface area contributed by atoms with Gasteiger partial charge < -0.3 is 15.5 Å². The third-order valence-corrected chi connectivity index (χ3v) is 5.45. The Morgan fingerprint density at radius 3 is 2.67 bits per heavy atom. The highest BCUT2D eigenvalue weighted by atomic mass is 16.6. The number of nitrogens with one attached hydrogen (secondary N) is 2. The lowest BCUT2D eigenvalue weighted by atomic mass is 10.1. The van der Waals surface area contributed by atoms with E-state index in [1.54, 1.807) is 12.1 Å². The first-order valence-corrected chi connectivity index (χ1v) is 10.4. The first-order chi connectivity index (χ1) is 14.7. The normalized spacial score (nSPS) is 14.0. The van der Waals surface area contributed by atoms with Crippen LogP contribution in [0.15, 0.2) is 42.7 Å². The second-order valence-electron chi connectivity index (χ2n) is 7.43. The molecule has 2 heterocycles. The summed E-state index contributed by atoms with van der Waals surface area (Å²) < 4.78 is 0. The van der Waals surface area contributed by atoms with Gasteiger partial charge in [0.2, 0.25) is 0 Å². The Kier molecular flexibility index (Phi) is 5.92. The number of hydrogen-bond donors (Lipinski definition) is 2. The number of aromatic nitrogens is 2. The summed E-state index contributed by atoms with van der Waals surface area (Å²) in [4.78, 5) is 22.3. The zero-order valence-electron chi connectivity index (χ0n) is 17.1. The van der Waals surface area contributed by atoms with Gasteiger partial charge in [-0.3, -0.25) is 10.1 Å². The van der Waals surface area contributed by atoms with Crippen LogP contribution in [-0.4, -0.2) is 34.5 Å². The number of anilines is 3. The van der Waals surface area contributed by atoms with Crippen molar-refractivity contribution in [3.8, 4) is 0 Å². The van der Waals surface area contributed by atoms with Gasteiger partial charge in [-0.15, -0.1) is 0 Å². The molecule has 4 rings (SSSR count). The van der Waals surface area contributed by atoms with Crippen LogP contribution in [0.4, 0.5) is 22.9 Å². The molecule has 1 saturated heterocycles. The molecule has 3 aromatic rings. The smallest absolute Gasteiger partial charge is 0.293 e. The van der Waals surface area contributed by atoms with Crippen LogP contribution in [0.3, 0.4) is 0 Å². The lowest BCUT2D eigenvalue weighted by Crippen LogP contribution is -2.30. The molecule has 1 aliphatic heterocycles. The molecule has 0 aliphatic carbocycles. The van der Waals surface area contributed by atoms with E-state index < -0.39 is 0 Å². The lowest BCUT2D eigenvalue weighted by Gasteiger charge is -2.30. The Morgan fingerprint density at radius 1 is 1.10 bits per heavy atom. The number of nitro groups is 1. The molecule has 0 atom stereocenters. The second-order valence-corrected chi connectivity index (χ2v) is 7.43. The predicted octanol–water partition coefficient (Wildman–Crippen LogP) is 4.57. The van der Waals surface area contributed by atoms with Crippen LogP contribution in [0.25, 0.3) is 10.9 Å². The number of benzene rings is 2. The molecular weight excluding hydrogens is 380 g/mol. The van der Waals surface area contributed by atoms with Crippen molar-refractivity contribution in [2.24, 2.45) is 0 Å². The van der Waals surface area contributed by atoms with E-state index in [1.165, 1.54) is 36.8 Å². The van der Waals surface area contributed by atoms with Crippen molar-refractivity contribution in [3.63, 3.8) is 0 Å². The van der Waals surface area contributed by atoms with E-state index in [0.29, 0.717) is 35.5 Å². The Labute approximate surface area is 175 Å². The Hall–Kier alpha value is -3.42. The van der Waals surface area contributed by atoms with Gasteiger partial charge in [-0.2, -0.15) is 0 Å². The maximum absolute atomic E-state index is 11.5. The molecule has 8 heteroatoms. The first kappa shape index (κ1) is 19.9. The molecule has 1 aliphatic rings. The quantitative estimate of drug-likeness (QED) is 0.438. The number of fused-ring (bicyclic) bond motifs is 1. The number of nitro benzene ring substituents is 1. The minimum absolute atomic E-state index is 0.0240. The van der Waals surface area contributed by atoms with Crippen molar-refractivity contribution < 1.29 is 4.92 Å². The highest BCUT2D eigenvalue weighted by Gasteiger charge is 2.18. The van der Waals surface area contributed by atoms with Gasteiger partial charge in [-0.25, -0.2) is 9.97 Å². The largest absolute Gasteiger partial charge is 0.380 e. The molecule has 1 aromatic heterocycles. The molecule has 0 amide bonds. The fourth-order valence-electron chi connectivity index (χ4n) is 4.00. The molecule has 2 N–H and O–H groups in total. The van der Waals surface area contributed by atoms with Crippen molar-refractivity contribution in [2.45, 2.75) is 32.7 Å². The van der Waals surface area contributed by atoms with E-state index >= 15 is 0 Å². The highest BCUT2D eigenvalue weighted by molar-refractivity contribution is 5.94. The van der Waals surface area contributed by atoms with Gasteiger partial charge in [-0.1, -0.05) is 18.2 Å². The summed E-state index contributed by atoms with van der Waals surface area (Å²) in [6, 6.07) is 11.6. The Morgan fingerprint density at radius 2 is 1.90 bits per heavy atom. The average molecular weight is 406 g/mol. The predicted molar refractivity (Wildman–Crippen MR) is 120 cm³/mol. The number of hydrogen-bond acceptors (Lipinski definition) is 7. The summed E-state index contributed by atoms with van der Waals surface area (Å²) in [5.74, 6) is 0.597. The number of rotatable bonds is 7. The molecule has 156 valence electrons. The van der Waals surface area contributed by atoms with Gasteiger partial charge in [0.05, 0.1) is 10.4 Å². The second kappa shape index (κ2) is 8.94. The monoisotopic (exact) mass is 406 g/mol. The summed E-state index contributed by atoms with van der Waals surface area (Å²) in [7, 11) is 0. The lowest BCUT2D eigenvalue weighted by molar-refractivity contribution is -0.383. The van der Waals surface area contributed by atoms with Crippen molar-refractivity contribution in [3.05, 3.63) is 58.4 Å². The zero-order chi connectivity index (χ0) is 20.9. The summed E-state index contributed by atoms with van der Waals surface area (Å²) in [6.07, 6.45) is 5.21. The third kappa shape index (κ3) is 4.12. The van der Waals surface area contributed by atoms with Gasteiger partial charge in [0, 0.05) is 43.3 Å². The molecule has 0 unspecified atom stereocenters. The van der Waals surface area contributed by atoms with Crippen LogP contribution in [0, 0.1) is 10.1 Å². The number of piperidine rings is 1. The summed E-state index contributed by atoms with van der Waals surface area (Å²) in [6.45, 7) is 5.23. The van der Waals surface area contributed by atoms with Crippen molar-refractivity contribution in [1.29, 1.82) is 0 Å². The maximum atomic E-state index is 11.5. The van der Waals surface area contributed by atoms with E-state index in [4.69, 9.17) is 0 Å². The van der Waals surface area contributed by atoms with Gasteiger partial charge in [0.1, 0.15) is 17.8 Å². The fourth-order valence-corrected chi connectivity index (χ4v) is 4.00. The van der Waals surface area contributed by atoms with Crippen LogP contribution in [0.5, 0.6) is 0 Å². The fraction of sp³-hybridized carbons (Fsp3) is 0.364. The molecule has 0 saturated carbocycles. The van der Waals surface area contributed by atoms with E-state index in [1.807, 2.05) is 13.0 Å². The van der Waals surface area contributed by atoms with Crippen LogP contribution < -0.4 is 15.5 Å². The van der Waals surface area contributed by atoms with E-state index in [-0.39, 0.29) is 10.6 Å². The summed E-state index contributed by atoms with van der Waals surface area (Å²) in [5, 5.41) is 18.6. The van der Waals surface area contributed by atoms with Crippen LogP contribution in [-0.2, 0) is 6.54 Å². The molecule has 1 fully saturated rings. The Balaban J connectivity index is 1.63. The van der Waals surface area contributed by atoms with Crippen LogP contribution >= 0.6 is 0 Å². The van der Waals surface area contributed by atoms with Crippen LogP contribution in [0.1, 0.15) is 31.7 Å². The van der Waals surface area contributed by atoms with Gasteiger partial charge >= 0.3 is 0 Å². The third-order valence-electron chi connectivity index (χ3n) is 5.45. The average Bonchev–Trinajstić information content (AvgIpc) is 2.78. The van der Waals surface area contributed by atoms with Gasteiger partial charge in [0.15, 0.2) is 0 Å². The maximum Gasteiger partial charge on any atom is 0.293 e. The topological polar surface area (TPSA) is 96.2 Å².